The van der Waals surface area contributed by atoms with Gasteiger partial charge in [-0.05, 0) is 48.9 Å². The lowest BCUT2D eigenvalue weighted by atomic mass is 10.1. The fourth-order valence-corrected chi connectivity index (χ4v) is 3.82. The molecule has 0 aliphatic heterocycles. The maximum absolute atomic E-state index is 12.4. The highest BCUT2D eigenvalue weighted by Crippen LogP contribution is 2.19. The van der Waals surface area contributed by atoms with Crippen LogP contribution in [0.15, 0.2) is 53.4 Å². The van der Waals surface area contributed by atoms with E-state index in [4.69, 9.17) is 4.74 Å². The van der Waals surface area contributed by atoms with Crippen LogP contribution in [0.5, 0.6) is 0 Å². The fraction of sp³-hybridized carbons (Fsp3) is 0.235. The zero-order chi connectivity index (χ0) is 20.1. The minimum absolute atomic E-state index is 0.0165. The van der Waals surface area contributed by atoms with Crippen molar-refractivity contribution in [3.63, 3.8) is 0 Å². The third-order valence-electron chi connectivity index (χ3n) is 3.33. The number of esters is 1. The maximum Gasteiger partial charge on any atom is 0.310 e. The summed E-state index contributed by atoms with van der Waals surface area (Å²) >= 11 is 0. The van der Waals surface area contributed by atoms with Crippen LogP contribution in [0.3, 0.4) is 0 Å². The van der Waals surface area contributed by atoms with E-state index in [1.165, 1.54) is 24.3 Å². The molecule has 2 aromatic rings. The highest BCUT2D eigenvalue weighted by Gasteiger charge is 2.15. The van der Waals surface area contributed by atoms with Crippen molar-refractivity contribution < 1.29 is 26.4 Å². The summed E-state index contributed by atoms with van der Waals surface area (Å²) in [7, 11) is -7.28. The van der Waals surface area contributed by atoms with E-state index < -0.39 is 20.0 Å². The van der Waals surface area contributed by atoms with E-state index >= 15 is 0 Å². The van der Waals surface area contributed by atoms with Crippen molar-refractivity contribution in [2.24, 2.45) is 0 Å². The Morgan fingerprint density at radius 2 is 1.41 bits per heavy atom. The van der Waals surface area contributed by atoms with Crippen molar-refractivity contribution in [1.82, 2.24) is 0 Å². The van der Waals surface area contributed by atoms with Gasteiger partial charge in [-0.1, -0.05) is 12.1 Å². The molecule has 146 valence electrons. The summed E-state index contributed by atoms with van der Waals surface area (Å²) < 4.78 is 56.8. The van der Waals surface area contributed by atoms with Gasteiger partial charge in [0.15, 0.2) is 0 Å². The third-order valence-corrected chi connectivity index (χ3v) is 5.33. The van der Waals surface area contributed by atoms with Crippen molar-refractivity contribution >= 4 is 37.4 Å². The molecule has 2 N–H and O–H groups in total. The van der Waals surface area contributed by atoms with Crippen LogP contribution in [0.2, 0.25) is 0 Å². The number of ether oxygens (including phenoxy) is 1. The minimum atomic E-state index is -3.84. The molecule has 0 unspecified atom stereocenters. The van der Waals surface area contributed by atoms with Crippen molar-refractivity contribution in [1.29, 1.82) is 0 Å². The average molecular weight is 412 g/mol. The summed E-state index contributed by atoms with van der Waals surface area (Å²) in [6, 6.07) is 11.7. The second-order valence-corrected chi connectivity index (χ2v) is 9.11. The van der Waals surface area contributed by atoms with Crippen LogP contribution >= 0.6 is 0 Å². The van der Waals surface area contributed by atoms with Crippen molar-refractivity contribution in [2.45, 2.75) is 18.2 Å². The highest BCUT2D eigenvalue weighted by molar-refractivity contribution is 7.92. The number of benzene rings is 2. The molecule has 0 bridgehead atoms. The second-order valence-electron chi connectivity index (χ2n) is 5.68. The largest absolute Gasteiger partial charge is 0.466 e. The molecular weight excluding hydrogens is 392 g/mol. The summed E-state index contributed by atoms with van der Waals surface area (Å²) in [6.45, 7) is 2.02. The van der Waals surface area contributed by atoms with Gasteiger partial charge in [-0.15, -0.1) is 0 Å². The van der Waals surface area contributed by atoms with Crippen LogP contribution in [-0.2, 0) is 36.0 Å². The Labute approximate surface area is 158 Å². The molecule has 0 saturated carbocycles. The SMILES string of the molecule is CCOC(=O)Cc1ccc(NS(=O)(=O)c2ccc(NS(C)(=O)=O)cc2)cc1. The van der Waals surface area contributed by atoms with E-state index in [9.17, 15) is 21.6 Å². The van der Waals surface area contributed by atoms with Gasteiger partial charge in [0.25, 0.3) is 10.0 Å². The Hall–Kier alpha value is -2.59. The third kappa shape index (κ3) is 6.57. The Morgan fingerprint density at radius 1 is 0.889 bits per heavy atom. The van der Waals surface area contributed by atoms with E-state index in [0.29, 0.717) is 17.9 Å². The lowest BCUT2D eigenvalue weighted by Crippen LogP contribution is -2.14. The predicted octanol–water partition coefficient (Wildman–Crippen LogP) is 1.96. The van der Waals surface area contributed by atoms with E-state index in [2.05, 4.69) is 9.44 Å². The van der Waals surface area contributed by atoms with Crippen LogP contribution in [0.25, 0.3) is 0 Å². The van der Waals surface area contributed by atoms with Gasteiger partial charge < -0.3 is 4.74 Å². The predicted molar refractivity (Wildman–Crippen MR) is 102 cm³/mol. The van der Waals surface area contributed by atoms with Crippen molar-refractivity contribution in [2.75, 3.05) is 22.3 Å². The molecule has 0 fully saturated rings. The molecule has 0 aliphatic rings. The Balaban J connectivity index is 2.08. The van der Waals surface area contributed by atoms with Gasteiger partial charge >= 0.3 is 5.97 Å². The zero-order valence-electron chi connectivity index (χ0n) is 14.8. The van der Waals surface area contributed by atoms with Gasteiger partial charge in [0.05, 0.1) is 24.2 Å². The molecule has 0 spiro atoms. The van der Waals surface area contributed by atoms with Gasteiger partial charge in [0.2, 0.25) is 10.0 Å². The fourth-order valence-electron chi connectivity index (χ4n) is 2.20. The Morgan fingerprint density at radius 3 is 1.93 bits per heavy atom. The molecule has 0 atom stereocenters. The summed E-state index contributed by atoms with van der Waals surface area (Å²) in [4.78, 5) is 11.4. The maximum atomic E-state index is 12.4. The van der Waals surface area contributed by atoms with Crippen LogP contribution in [0.1, 0.15) is 12.5 Å². The number of nitrogens with one attached hydrogen (secondary N) is 2. The topological polar surface area (TPSA) is 119 Å². The molecule has 0 heterocycles. The van der Waals surface area contributed by atoms with Crippen LogP contribution in [0, 0.1) is 0 Å². The van der Waals surface area contributed by atoms with Crippen molar-refractivity contribution in [3.8, 4) is 0 Å². The summed E-state index contributed by atoms with van der Waals surface area (Å²) in [5, 5.41) is 0. The highest BCUT2D eigenvalue weighted by atomic mass is 32.2. The minimum Gasteiger partial charge on any atom is -0.466 e. The quantitative estimate of drug-likeness (QED) is 0.640. The number of sulfonamides is 2. The smallest absolute Gasteiger partial charge is 0.310 e. The van der Waals surface area contributed by atoms with Crippen molar-refractivity contribution in [3.05, 3.63) is 54.1 Å². The summed E-state index contributed by atoms with van der Waals surface area (Å²) in [5.74, 6) is -0.353. The first kappa shape index (κ1) is 20.7. The number of anilines is 2. The first-order valence-corrected chi connectivity index (χ1v) is 11.3. The van der Waals surface area contributed by atoms with Gasteiger partial charge in [0.1, 0.15) is 0 Å². The van der Waals surface area contributed by atoms with E-state index in [1.54, 1.807) is 31.2 Å². The molecule has 0 amide bonds. The molecule has 10 heteroatoms. The monoisotopic (exact) mass is 412 g/mol. The number of hydrogen-bond acceptors (Lipinski definition) is 6. The molecule has 8 nitrogen and oxygen atoms in total. The molecule has 0 aromatic heterocycles. The number of carbonyl (C=O) groups excluding carboxylic acids is 1. The van der Waals surface area contributed by atoms with Gasteiger partial charge in [-0.3, -0.25) is 14.2 Å². The molecule has 0 radical (unpaired) electrons. The van der Waals surface area contributed by atoms with E-state index in [1.807, 2.05) is 0 Å². The second kappa shape index (κ2) is 8.40. The van der Waals surface area contributed by atoms with Gasteiger partial charge in [0, 0.05) is 11.4 Å². The molecule has 0 saturated heterocycles. The average Bonchev–Trinajstić information content (AvgIpc) is 2.56. The van der Waals surface area contributed by atoms with Crippen LogP contribution in [-0.4, -0.2) is 35.7 Å². The number of rotatable bonds is 8. The molecule has 2 rings (SSSR count). The van der Waals surface area contributed by atoms with Crippen LogP contribution < -0.4 is 9.44 Å². The zero-order valence-corrected chi connectivity index (χ0v) is 16.4. The first-order valence-electron chi connectivity index (χ1n) is 7.94. The number of carbonyl (C=O) groups is 1. The normalized spacial score (nSPS) is 11.6. The van der Waals surface area contributed by atoms with E-state index in [0.717, 1.165) is 6.26 Å². The van der Waals surface area contributed by atoms with Gasteiger partial charge in [-0.2, -0.15) is 0 Å². The molecule has 0 aliphatic carbocycles. The molecule has 27 heavy (non-hydrogen) atoms. The Bertz CT molecular complexity index is 998. The molecule has 2 aromatic carbocycles. The summed E-state index contributed by atoms with van der Waals surface area (Å²) in [6.07, 6.45) is 1.11. The van der Waals surface area contributed by atoms with Crippen LogP contribution in [0.4, 0.5) is 11.4 Å². The van der Waals surface area contributed by atoms with Gasteiger partial charge in [-0.25, -0.2) is 16.8 Å². The standard InChI is InChI=1S/C17H20N2O6S2/c1-3-25-17(20)12-13-4-6-15(7-5-13)19-27(23,24)16-10-8-14(9-11-16)18-26(2,21)22/h4-11,18-19H,3,12H2,1-2H3. The lowest BCUT2D eigenvalue weighted by Gasteiger charge is -2.10. The first-order chi connectivity index (χ1) is 12.6. The van der Waals surface area contributed by atoms with E-state index in [-0.39, 0.29) is 23.0 Å². The number of hydrogen-bond donors (Lipinski definition) is 2. The Kier molecular flexibility index (Phi) is 6.45. The molecular formula is C17H20N2O6S2. The summed E-state index contributed by atoms with van der Waals surface area (Å²) in [5.41, 5.74) is 1.30. The lowest BCUT2D eigenvalue weighted by molar-refractivity contribution is -0.142.